The van der Waals surface area contributed by atoms with Gasteiger partial charge in [-0.15, -0.1) is 0 Å². The van der Waals surface area contributed by atoms with E-state index in [1.54, 1.807) is 20.8 Å². The fraction of sp³-hybridized carbons (Fsp3) is 0.625. The summed E-state index contributed by atoms with van der Waals surface area (Å²) >= 11 is 0. The Hall–Kier alpha value is -1.19. The summed E-state index contributed by atoms with van der Waals surface area (Å²) in [6.07, 6.45) is -0.558. The van der Waals surface area contributed by atoms with Gasteiger partial charge in [0.05, 0.1) is 6.54 Å². The largest absolute Gasteiger partial charge is 0.511 e. The van der Waals surface area contributed by atoms with Gasteiger partial charge >= 0.3 is 6.09 Å². The van der Waals surface area contributed by atoms with Crippen molar-refractivity contribution in [1.29, 1.82) is 0 Å². The number of aliphatic hydroxyl groups is 1. The van der Waals surface area contributed by atoms with Crippen LogP contribution in [-0.4, -0.2) is 23.3 Å². The molecule has 70 valence electrons. The predicted molar refractivity (Wildman–Crippen MR) is 46.0 cm³/mol. The van der Waals surface area contributed by atoms with E-state index in [0.29, 0.717) is 0 Å². The van der Waals surface area contributed by atoms with Gasteiger partial charge < -0.3 is 15.2 Å². The Kier molecular flexibility index (Phi) is 3.60. The zero-order chi connectivity index (χ0) is 9.78. The van der Waals surface area contributed by atoms with Crippen molar-refractivity contribution in [2.24, 2.45) is 0 Å². The molecule has 0 aromatic rings. The van der Waals surface area contributed by atoms with Gasteiger partial charge in [-0.05, 0) is 20.8 Å². The van der Waals surface area contributed by atoms with Crippen molar-refractivity contribution in [3.05, 3.63) is 12.3 Å². The van der Waals surface area contributed by atoms with Gasteiger partial charge in [-0.25, -0.2) is 4.79 Å². The van der Waals surface area contributed by atoms with Gasteiger partial charge in [-0.1, -0.05) is 6.58 Å². The molecule has 0 saturated heterocycles. The fourth-order valence-corrected chi connectivity index (χ4v) is 0.488. The van der Waals surface area contributed by atoms with Gasteiger partial charge in [0, 0.05) is 0 Å². The van der Waals surface area contributed by atoms with Crippen LogP contribution in [0.4, 0.5) is 4.79 Å². The minimum Gasteiger partial charge on any atom is -0.511 e. The Balaban J connectivity index is 3.68. The number of carbonyl (C=O) groups is 1. The van der Waals surface area contributed by atoms with Crippen molar-refractivity contribution in [1.82, 2.24) is 5.32 Å². The average Bonchev–Trinajstić information content (AvgIpc) is 1.79. The van der Waals surface area contributed by atoms with Crippen molar-refractivity contribution < 1.29 is 14.6 Å². The number of carbonyl (C=O) groups excluding carboxylic acids is 1. The molecule has 0 atom stereocenters. The molecule has 0 fully saturated rings. The molecule has 0 rings (SSSR count). The first-order valence-electron chi connectivity index (χ1n) is 3.65. The molecule has 0 aliphatic carbocycles. The summed E-state index contributed by atoms with van der Waals surface area (Å²) in [5, 5.41) is 11.0. The third kappa shape index (κ3) is 6.92. The number of hydrogen-bond donors (Lipinski definition) is 2. The van der Waals surface area contributed by atoms with Gasteiger partial charge in [0.1, 0.15) is 11.4 Å². The minimum absolute atomic E-state index is 0.0227. The number of alkyl carbamates (subject to hydrolysis) is 1. The van der Waals surface area contributed by atoms with E-state index in [1.807, 2.05) is 0 Å². The molecule has 0 bridgehead atoms. The molecule has 0 aromatic carbocycles. The second kappa shape index (κ2) is 3.99. The summed E-state index contributed by atoms with van der Waals surface area (Å²) in [4.78, 5) is 10.9. The Morgan fingerprint density at radius 1 is 1.58 bits per heavy atom. The highest BCUT2D eigenvalue weighted by atomic mass is 16.6. The first-order chi connectivity index (χ1) is 5.31. The van der Waals surface area contributed by atoms with Crippen LogP contribution in [0.2, 0.25) is 0 Å². The smallest absolute Gasteiger partial charge is 0.408 e. The quantitative estimate of drug-likeness (QED) is 0.623. The van der Waals surface area contributed by atoms with E-state index in [-0.39, 0.29) is 12.3 Å². The standard InChI is InChI=1S/C8H15NO3/c1-6(10)5-9-7(11)12-8(2,3)4/h10H,1,5H2,2-4H3,(H,9,11). The third-order valence-electron chi connectivity index (χ3n) is 0.836. The van der Waals surface area contributed by atoms with Crippen molar-refractivity contribution in [3.63, 3.8) is 0 Å². The van der Waals surface area contributed by atoms with Crippen LogP contribution in [0.1, 0.15) is 20.8 Å². The van der Waals surface area contributed by atoms with E-state index in [9.17, 15) is 4.79 Å². The molecule has 0 radical (unpaired) electrons. The fourth-order valence-electron chi connectivity index (χ4n) is 0.488. The summed E-state index contributed by atoms with van der Waals surface area (Å²) in [5.41, 5.74) is -0.513. The molecule has 0 saturated carbocycles. The van der Waals surface area contributed by atoms with E-state index >= 15 is 0 Å². The number of amides is 1. The van der Waals surface area contributed by atoms with Crippen LogP contribution in [-0.2, 0) is 4.74 Å². The molecule has 1 amide bonds. The molecular weight excluding hydrogens is 158 g/mol. The lowest BCUT2D eigenvalue weighted by molar-refractivity contribution is 0.0527. The Morgan fingerprint density at radius 3 is 2.42 bits per heavy atom. The monoisotopic (exact) mass is 173 g/mol. The van der Waals surface area contributed by atoms with Gasteiger partial charge in [0.15, 0.2) is 0 Å². The summed E-state index contributed by atoms with van der Waals surface area (Å²) in [7, 11) is 0. The van der Waals surface area contributed by atoms with Gasteiger partial charge in [0.2, 0.25) is 0 Å². The second-order valence-corrected chi connectivity index (χ2v) is 3.42. The molecule has 0 aliphatic heterocycles. The van der Waals surface area contributed by atoms with E-state index < -0.39 is 11.7 Å². The van der Waals surface area contributed by atoms with E-state index in [0.717, 1.165) is 0 Å². The highest BCUT2D eigenvalue weighted by Crippen LogP contribution is 2.06. The molecule has 0 heterocycles. The number of hydrogen-bond acceptors (Lipinski definition) is 3. The van der Waals surface area contributed by atoms with Crippen LogP contribution in [0.5, 0.6) is 0 Å². The normalized spacial score (nSPS) is 10.6. The second-order valence-electron chi connectivity index (χ2n) is 3.42. The average molecular weight is 173 g/mol. The van der Waals surface area contributed by atoms with Gasteiger partial charge in [-0.2, -0.15) is 0 Å². The highest BCUT2D eigenvalue weighted by Gasteiger charge is 2.15. The number of aliphatic hydroxyl groups excluding tert-OH is 1. The maximum absolute atomic E-state index is 10.9. The summed E-state index contributed by atoms with van der Waals surface area (Å²) in [6, 6.07) is 0. The Bertz CT molecular complexity index is 181. The molecular formula is C8H15NO3. The maximum Gasteiger partial charge on any atom is 0.408 e. The predicted octanol–water partition coefficient (Wildman–Crippen LogP) is 1.58. The van der Waals surface area contributed by atoms with Crippen LogP contribution >= 0.6 is 0 Å². The number of nitrogens with one attached hydrogen (secondary N) is 1. The maximum atomic E-state index is 10.9. The first-order valence-corrected chi connectivity index (χ1v) is 3.65. The summed E-state index contributed by atoms with van der Waals surface area (Å²) in [5.74, 6) is -0.0964. The molecule has 4 nitrogen and oxygen atoms in total. The first kappa shape index (κ1) is 10.8. The Morgan fingerprint density at radius 2 is 2.08 bits per heavy atom. The SMILES string of the molecule is C=C(O)CNC(=O)OC(C)(C)C. The molecule has 0 aliphatic rings. The molecule has 0 unspecified atom stereocenters. The highest BCUT2D eigenvalue weighted by molar-refractivity contribution is 5.67. The van der Waals surface area contributed by atoms with Crippen molar-refractivity contribution in [2.75, 3.05) is 6.54 Å². The van der Waals surface area contributed by atoms with Crippen LogP contribution in [0.25, 0.3) is 0 Å². The Labute approximate surface area is 72.2 Å². The van der Waals surface area contributed by atoms with Crippen molar-refractivity contribution >= 4 is 6.09 Å². The van der Waals surface area contributed by atoms with E-state index in [1.165, 1.54) is 0 Å². The lowest BCUT2D eigenvalue weighted by Crippen LogP contribution is -2.33. The third-order valence-corrected chi connectivity index (χ3v) is 0.836. The van der Waals surface area contributed by atoms with E-state index in [2.05, 4.69) is 11.9 Å². The van der Waals surface area contributed by atoms with Crippen molar-refractivity contribution in [3.8, 4) is 0 Å². The molecule has 12 heavy (non-hydrogen) atoms. The van der Waals surface area contributed by atoms with Crippen LogP contribution in [0, 0.1) is 0 Å². The zero-order valence-electron chi connectivity index (χ0n) is 7.68. The topological polar surface area (TPSA) is 58.6 Å². The molecule has 0 spiro atoms. The molecule has 4 heteroatoms. The van der Waals surface area contributed by atoms with E-state index in [4.69, 9.17) is 9.84 Å². The van der Waals surface area contributed by atoms with Gasteiger partial charge in [-0.3, -0.25) is 0 Å². The molecule has 0 aromatic heterocycles. The number of ether oxygens (including phenoxy) is 1. The summed E-state index contributed by atoms with van der Waals surface area (Å²) in [6.45, 7) is 8.52. The lowest BCUT2D eigenvalue weighted by Gasteiger charge is -2.19. The molecule has 2 N–H and O–H groups in total. The minimum atomic E-state index is -0.558. The van der Waals surface area contributed by atoms with Crippen molar-refractivity contribution in [2.45, 2.75) is 26.4 Å². The van der Waals surface area contributed by atoms with Gasteiger partial charge in [0.25, 0.3) is 0 Å². The van der Waals surface area contributed by atoms with Crippen LogP contribution < -0.4 is 5.32 Å². The van der Waals surface area contributed by atoms with Crippen LogP contribution in [0.3, 0.4) is 0 Å². The summed E-state index contributed by atoms with van der Waals surface area (Å²) < 4.78 is 4.89. The number of rotatable bonds is 2. The lowest BCUT2D eigenvalue weighted by atomic mass is 10.2. The van der Waals surface area contributed by atoms with Crippen LogP contribution in [0.15, 0.2) is 12.3 Å². The zero-order valence-corrected chi connectivity index (χ0v) is 7.68.